The van der Waals surface area contributed by atoms with E-state index >= 15 is 0 Å². The Morgan fingerprint density at radius 1 is 0.750 bits per heavy atom. The molecular weight excluding hydrogens is 679 g/mol. The van der Waals surface area contributed by atoms with Crippen LogP contribution in [-0.2, 0) is 19.2 Å². The summed E-state index contributed by atoms with van der Waals surface area (Å²) in [6, 6.07) is -0.794. The summed E-state index contributed by atoms with van der Waals surface area (Å²) in [6.07, 6.45) is 28.8. The van der Waals surface area contributed by atoms with Crippen LogP contribution in [0.4, 0.5) is 0 Å². The number of hydrogen-bond acceptors (Lipinski definition) is 9. The highest BCUT2D eigenvalue weighted by Crippen LogP contribution is 2.45. The predicted octanol–water partition coefficient (Wildman–Crippen LogP) is 7.83. The summed E-state index contributed by atoms with van der Waals surface area (Å²) in [7, 11) is -2.60. The molecule has 1 saturated carbocycles. The second-order valence-electron chi connectivity index (χ2n) is 16.6. The first-order valence-corrected chi connectivity index (χ1v) is 23.7. The number of unbranched alkanes of at least 4 members (excludes halogenated alkanes) is 19. The number of allylic oxidation sites excluding steroid dienone is 2. The average molecular weight is 758 g/mol. The molecule has 3 aliphatic rings. The molecule has 1 heterocycles. The van der Waals surface area contributed by atoms with Crippen molar-refractivity contribution in [1.82, 2.24) is 0 Å². The van der Waals surface area contributed by atoms with E-state index in [2.05, 4.69) is 23.4 Å². The van der Waals surface area contributed by atoms with E-state index in [4.69, 9.17) is 9.47 Å². The van der Waals surface area contributed by atoms with Gasteiger partial charge in [-0.15, -0.1) is 0 Å². The van der Waals surface area contributed by atoms with Gasteiger partial charge in [0.25, 0.3) is 0 Å². The zero-order valence-electron chi connectivity index (χ0n) is 33.0. The summed E-state index contributed by atoms with van der Waals surface area (Å²) in [6.45, 7) is 1.54. The van der Waals surface area contributed by atoms with Crippen LogP contribution in [0.1, 0.15) is 167 Å². The van der Waals surface area contributed by atoms with Crippen LogP contribution in [0.3, 0.4) is 0 Å². The summed E-state index contributed by atoms with van der Waals surface area (Å²) in [5.74, 6) is 3.12. The van der Waals surface area contributed by atoms with Crippen molar-refractivity contribution in [3.05, 3.63) is 12.2 Å². The molecule has 5 N–H and O–H groups in total. The molecule has 0 aromatic heterocycles. The number of nitrogens with zero attached hydrogens (tertiary/aromatic N) is 1. The monoisotopic (exact) mass is 758 g/mol. The van der Waals surface area contributed by atoms with Gasteiger partial charge >= 0.3 is 0 Å². The van der Waals surface area contributed by atoms with E-state index in [1.807, 2.05) is 0 Å². The van der Waals surface area contributed by atoms with Crippen molar-refractivity contribution >= 4 is 9.73 Å². The normalized spacial score (nSPS) is 29.4. The van der Waals surface area contributed by atoms with Gasteiger partial charge in [-0.2, -0.15) is 0 Å². The Labute approximate surface area is 317 Å². The Morgan fingerprint density at radius 3 is 1.85 bits per heavy atom. The molecule has 0 spiro atoms. The van der Waals surface area contributed by atoms with Crippen molar-refractivity contribution in [3.8, 4) is 0 Å². The minimum absolute atomic E-state index is 0.161. The maximum Gasteiger partial charge on any atom is 0.186 e. The third-order valence-corrected chi connectivity index (χ3v) is 13.7. The molecule has 2 aliphatic carbocycles. The summed E-state index contributed by atoms with van der Waals surface area (Å²) in [5.41, 5.74) is 0. The number of hydrogen-bond donors (Lipinski definition) is 5. The zero-order valence-corrected chi connectivity index (χ0v) is 33.9. The molecule has 0 amide bonds. The summed E-state index contributed by atoms with van der Waals surface area (Å²) in [5, 5.41) is 51.6. The Bertz CT molecular complexity index is 1060. The van der Waals surface area contributed by atoms with Crippen molar-refractivity contribution in [2.45, 2.75) is 210 Å². The first-order chi connectivity index (χ1) is 25.1. The minimum Gasteiger partial charge on any atom is -0.394 e. The topological polar surface area (TPSA) is 149 Å². The van der Waals surface area contributed by atoms with Crippen molar-refractivity contribution in [2.75, 3.05) is 25.2 Å². The molecule has 9 nitrogen and oxygen atoms in total. The zero-order chi connectivity index (χ0) is 37.6. The maximum absolute atomic E-state index is 13.6. The largest absolute Gasteiger partial charge is 0.394 e. The molecule has 11 atom stereocenters. The third-order valence-electron chi connectivity index (χ3n) is 12.0. The lowest BCUT2D eigenvalue weighted by Gasteiger charge is -2.40. The van der Waals surface area contributed by atoms with Gasteiger partial charge in [0.15, 0.2) is 6.29 Å². The van der Waals surface area contributed by atoms with Crippen LogP contribution < -0.4 is 0 Å². The molecule has 52 heavy (non-hydrogen) atoms. The summed E-state index contributed by atoms with van der Waals surface area (Å²) < 4.78 is 29.6. The number of fused-ring (bicyclic) bond motifs is 2. The second-order valence-corrected chi connectivity index (χ2v) is 19.2. The van der Waals surface area contributed by atoms with Crippen LogP contribution in [0.5, 0.6) is 0 Å². The van der Waals surface area contributed by atoms with Gasteiger partial charge in [-0.3, -0.25) is 4.21 Å². The van der Waals surface area contributed by atoms with E-state index in [1.54, 1.807) is 6.26 Å². The van der Waals surface area contributed by atoms with Crippen LogP contribution in [0.15, 0.2) is 16.5 Å². The fourth-order valence-electron chi connectivity index (χ4n) is 8.58. The predicted molar refractivity (Wildman–Crippen MR) is 212 cm³/mol. The van der Waals surface area contributed by atoms with Crippen LogP contribution in [0.2, 0.25) is 0 Å². The quantitative estimate of drug-likeness (QED) is 0.0355. The van der Waals surface area contributed by atoms with E-state index in [0.717, 1.165) is 56.3 Å². The van der Waals surface area contributed by atoms with Crippen LogP contribution in [0, 0.1) is 17.8 Å². The van der Waals surface area contributed by atoms with E-state index in [0.29, 0.717) is 12.2 Å². The highest BCUT2D eigenvalue weighted by molar-refractivity contribution is 7.92. The van der Waals surface area contributed by atoms with Crippen molar-refractivity contribution < 1.29 is 39.2 Å². The van der Waals surface area contributed by atoms with Crippen molar-refractivity contribution in [2.24, 2.45) is 22.1 Å². The lowest BCUT2D eigenvalue weighted by Crippen LogP contribution is -2.59. The molecule has 2 bridgehead atoms. The minimum atomic E-state index is -2.60. The summed E-state index contributed by atoms with van der Waals surface area (Å²) in [4.78, 5) is 0. The first-order valence-electron chi connectivity index (χ1n) is 21.6. The van der Waals surface area contributed by atoms with Gasteiger partial charge in [-0.05, 0) is 49.9 Å². The van der Waals surface area contributed by atoms with E-state index < -0.39 is 59.2 Å². The van der Waals surface area contributed by atoms with Crippen molar-refractivity contribution in [3.63, 3.8) is 0 Å². The van der Waals surface area contributed by atoms with Gasteiger partial charge in [0.1, 0.15) is 30.5 Å². The van der Waals surface area contributed by atoms with Crippen LogP contribution in [-0.4, -0.2) is 97.8 Å². The smallest absolute Gasteiger partial charge is 0.186 e. The van der Waals surface area contributed by atoms with Crippen LogP contribution >= 0.6 is 0 Å². The van der Waals surface area contributed by atoms with Gasteiger partial charge in [0.05, 0.1) is 19.3 Å². The molecule has 0 aromatic carbocycles. The standard InChI is InChI=1S/C42H79NO8S/c1-3-4-5-6-7-8-9-10-11-12-16-19-22-25-37(45)36(32-50-42-41(48)40(47)39(46)38(31-44)51-42)43-52(2,49)28-23-20-17-14-13-15-18-21-24-34-29-33-26-27-35(34)30-33/h26-27,33-42,44-48H,3-25,28-32H2,1-2H3/t33-,34+,35-,36+,37-,38?,39?,40?,41?,42?,52?/m1/s1. The highest BCUT2D eigenvalue weighted by atomic mass is 32.2. The van der Waals surface area contributed by atoms with Gasteiger partial charge < -0.3 is 35.0 Å². The second kappa shape index (κ2) is 26.3. The molecule has 6 unspecified atom stereocenters. The number of ether oxygens (including phenoxy) is 2. The van der Waals surface area contributed by atoms with Gasteiger partial charge in [-0.1, -0.05) is 147 Å². The Morgan fingerprint density at radius 2 is 1.31 bits per heavy atom. The molecular formula is C42H79NO8S. The molecule has 3 rings (SSSR count). The Balaban J connectivity index is 1.36. The summed E-state index contributed by atoms with van der Waals surface area (Å²) >= 11 is 0. The van der Waals surface area contributed by atoms with E-state index in [9.17, 15) is 29.7 Å². The molecule has 10 heteroatoms. The molecule has 0 radical (unpaired) electrons. The number of aliphatic hydroxyl groups is 5. The fraction of sp³-hybridized carbons (Fsp3) is 0.952. The molecule has 306 valence electrons. The average Bonchev–Trinajstić information content (AvgIpc) is 3.76. The van der Waals surface area contributed by atoms with E-state index in [-0.39, 0.29) is 6.61 Å². The number of aliphatic hydroxyl groups excluding tert-OH is 5. The first kappa shape index (κ1) is 45.8. The third kappa shape index (κ3) is 17.5. The molecule has 2 fully saturated rings. The molecule has 1 saturated heterocycles. The molecule has 0 aromatic rings. The maximum atomic E-state index is 13.6. The Kier molecular flexibility index (Phi) is 23.2. The fourth-order valence-corrected chi connectivity index (χ4v) is 10.2. The highest BCUT2D eigenvalue weighted by Gasteiger charge is 2.44. The van der Waals surface area contributed by atoms with Gasteiger partial charge in [-0.25, -0.2) is 4.36 Å². The van der Waals surface area contributed by atoms with Gasteiger partial charge in [0.2, 0.25) is 0 Å². The number of rotatable bonds is 31. The molecule has 1 aliphatic heterocycles. The van der Waals surface area contributed by atoms with Crippen molar-refractivity contribution in [1.29, 1.82) is 0 Å². The Hall–Kier alpha value is -0.590. The van der Waals surface area contributed by atoms with Crippen LogP contribution in [0.25, 0.3) is 0 Å². The van der Waals surface area contributed by atoms with E-state index in [1.165, 1.54) is 116 Å². The lowest BCUT2D eigenvalue weighted by molar-refractivity contribution is -0.302. The van der Waals surface area contributed by atoms with Gasteiger partial charge in [0, 0.05) is 21.7 Å². The SMILES string of the molecule is CCCCCCCCCCCCCCC[C@@H](O)[C@H](COC1OC(CO)C(O)C(O)C1O)N=S(C)(=O)CCCCCCCCCC[C@H]1C[C@H]2C=C[C@@H]1C2. The lowest BCUT2D eigenvalue weighted by atomic mass is 9.88.